The molecule has 0 aromatic heterocycles. The van der Waals surface area contributed by atoms with E-state index in [-0.39, 0.29) is 17.9 Å². The van der Waals surface area contributed by atoms with Crippen molar-refractivity contribution in [2.75, 3.05) is 6.61 Å². The van der Waals surface area contributed by atoms with Gasteiger partial charge in [0.15, 0.2) is 0 Å². The fourth-order valence-electron chi connectivity index (χ4n) is 2.55. The van der Waals surface area contributed by atoms with Crippen LogP contribution < -0.4 is 5.32 Å². The molecule has 88 valence electrons. The van der Waals surface area contributed by atoms with Crippen LogP contribution in [0.1, 0.15) is 32.4 Å². The van der Waals surface area contributed by atoms with Gasteiger partial charge in [-0.2, -0.15) is 0 Å². The molecule has 2 aliphatic rings. The van der Waals surface area contributed by atoms with Gasteiger partial charge in [0, 0.05) is 16.5 Å². The SMILES string of the molecule is O=C1NC(=O)c2ccc(C3CO3)c3cccc1c23. The largest absolute Gasteiger partial charge is 0.368 e. The number of ether oxygens (including phenoxy) is 1. The van der Waals surface area contributed by atoms with Crippen LogP contribution in [0.5, 0.6) is 0 Å². The maximum absolute atomic E-state index is 11.8. The van der Waals surface area contributed by atoms with E-state index in [4.69, 9.17) is 4.74 Å². The molecule has 2 heterocycles. The third kappa shape index (κ3) is 1.18. The normalized spacial score (nSPS) is 21.0. The van der Waals surface area contributed by atoms with Gasteiger partial charge in [0.05, 0.1) is 6.61 Å². The van der Waals surface area contributed by atoms with Crippen molar-refractivity contribution in [1.82, 2.24) is 5.32 Å². The molecular formula is C14H9NO3. The highest BCUT2D eigenvalue weighted by atomic mass is 16.6. The minimum Gasteiger partial charge on any atom is -0.368 e. The highest BCUT2D eigenvalue weighted by molar-refractivity contribution is 6.25. The molecule has 0 radical (unpaired) electrons. The average molecular weight is 239 g/mol. The minimum absolute atomic E-state index is 0.106. The van der Waals surface area contributed by atoms with Gasteiger partial charge in [-0.25, -0.2) is 0 Å². The summed E-state index contributed by atoms with van der Waals surface area (Å²) in [6, 6.07) is 9.19. The first-order valence-electron chi connectivity index (χ1n) is 5.78. The Kier molecular flexibility index (Phi) is 1.73. The predicted octanol–water partition coefficient (Wildman–Crippen LogP) is 1.79. The Balaban J connectivity index is 2.16. The van der Waals surface area contributed by atoms with E-state index in [0.717, 1.165) is 16.3 Å². The Bertz CT molecular complexity index is 696. The third-order valence-corrected chi connectivity index (χ3v) is 3.47. The first-order chi connectivity index (χ1) is 8.75. The number of epoxide rings is 1. The molecule has 0 saturated carbocycles. The number of imide groups is 1. The van der Waals surface area contributed by atoms with Gasteiger partial charge in [0.2, 0.25) is 0 Å². The standard InChI is InChI=1S/C14H9NO3/c16-13-9-3-1-2-8-7(11-6-18-11)4-5-10(12(8)9)14(17)15-13/h1-5,11H,6H2,(H,15,16,17). The van der Waals surface area contributed by atoms with E-state index in [1.54, 1.807) is 12.1 Å². The van der Waals surface area contributed by atoms with Gasteiger partial charge in [-0.1, -0.05) is 18.2 Å². The summed E-state index contributed by atoms with van der Waals surface area (Å²) in [6.45, 7) is 0.707. The highest BCUT2D eigenvalue weighted by Crippen LogP contribution is 2.38. The zero-order valence-corrected chi connectivity index (χ0v) is 9.40. The number of nitrogens with one attached hydrogen (secondary N) is 1. The van der Waals surface area contributed by atoms with E-state index < -0.39 is 0 Å². The van der Waals surface area contributed by atoms with Gasteiger partial charge in [-0.3, -0.25) is 14.9 Å². The van der Waals surface area contributed by atoms with E-state index in [9.17, 15) is 9.59 Å². The highest BCUT2D eigenvalue weighted by Gasteiger charge is 2.31. The lowest BCUT2D eigenvalue weighted by Crippen LogP contribution is -2.34. The van der Waals surface area contributed by atoms with Gasteiger partial charge in [-0.15, -0.1) is 0 Å². The molecule has 4 nitrogen and oxygen atoms in total. The molecule has 18 heavy (non-hydrogen) atoms. The summed E-state index contributed by atoms with van der Waals surface area (Å²) in [6.07, 6.45) is 0.106. The van der Waals surface area contributed by atoms with Crippen molar-refractivity contribution in [3.63, 3.8) is 0 Å². The zero-order chi connectivity index (χ0) is 12.3. The van der Waals surface area contributed by atoms with Gasteiger partial charge < -0.3 is 4.74 Å². The van der Waals surface area contributed by atoms with Crippen molar-refractivity contribution in [3.05, 3.63) is 47.0 Å². The number of hydrogen-bond donors (Lipinski definition) is 1. The van der Waals surface area contributed by atoms with Gasteiger partial charge >= 0.3 is 0 Å². The lowest BCUT2D eigenvalue weighted by molar-refractivity contribution is 0.0845. The lowest BCUT2D eigenvalue weighted by atomic mass is 9.91. The van der Waals surface area contributed by atoms with Crippen molar-refractivity contribution in [1.29, 1.82) is 0 Å². The summed E-state index contributed by atoms with van der Waals surface area (Å²) in [7, 11) is 0. The van der Waals surface area contributed by atoms with Crippen molar-refractivity contribution in [3.8, 4) is 0 Å². The second-order valence-corrected chi connectivity index (χ2v) is 4.54. The second-order valence-electron chi connectivity index (χ2n) is 4.54. The Morgan fingerprint density at radius 1 is 1.06 bits per heavy atom. The fourth-order valence-corrected chi connectivity index (χ4v) is 2.55. The van der Waals surface area contributed by atoms with Crippen LogP contribution in [-0.4, -0.2) is 18.4 Å². The van der Waals surface area contributed by atoms with E-state index in [2.05, 4.69) is 5.32 Å². The number of carbonyl (C=O) groups is 2. The van der Waals surface area contributed by atoms with Crippen LogP contribution >= 0.6 is 0 Å². The average Bonchev–Trinajstić information content (AvgIpc) is 3.19. The lowest BCUT2D eigenvalue weighted by Gasteiger charge is -2.17. The smallest absolute Gasteiger partial charge is 0.258 e. The van der Waals surface area contributed by atoms with Crippen molar-refractivity contribution in [2.45, 2.75) is 6.10 Å². The van der Waals surface area contributed by atoms with Crippen LogP contribution in [0.4, 0.5) is 0 Å². The fraction of sp³-hybridized carbons (Fsp3) is 0.143. The second kappa shape index (κ2) is 3.17. The Hall–Kier alpha value is -2.20. The Morgan fingerprint density at radius 3 is 2.50 bits per heavy atom. The summed E-state index contributed by atoms with van der Waals surface area (Å²) >= 11 is 0. The molecule has 2 aromatic carbocycles. The van der Waals surface area contributed by atoms with Crippen LogP contribution in [0.2, 0.25) is 0 Å². The molecule has 0 bridgehead atoms. The maximum atomic E-state index is 11.8. The van der Waals surface area contributed by atoms with Crippen LogP contribution in [0.15, 0.2) is 30.3 Å². The number of carbonyl (C=O) groups excluding carboxylic acids is 2. The van der Waals surface area contributed by atoms with Gasteiger partial charge in [-0.05, 0) is 23.1 Å². The summed E-state index contributed by atoms with van der Waals surface area (Å²) < 4.78 is 5.30. The molecule has 2 aliphatic heterocycles. The number of benzene rings is 2. The first kappa shape index (κ1) is 9.79. The molecule has 0 aliphatic carbocycles. The van der Waals surface area contributed by atoms with Crippen LogP contribution in [0.25, 0.3) is 10.8 Å². The molecule has 0 spiro atoms. The summed E-state index contributed by atoms with van der Waals surface area (Å²) in [5, 5.41) is 4.04. The quantitative estimate of drug-likeness (QED) is 0.609. The van der Waals surface area contributed by atoms with Gasteiger partial charge in [0.25, 0.3) is 11.8 Å². The summed E-state index contributed by atoms with van der Waals surface area (Å²) in [4.78, 5) is 23.6. The van der Waals surface area contributed by atoms with E-state index >= 15 is 0 Å². The van der Waals surface area contributed by atoms with Crippen LogP contribution in [0, 0.1) is 0 Å². The first-order valence-corrected chi connectivity index (χ1v) is 5.78. The van der Waals surface area contributed by atoms with Gasteiger partial charge in [0.1, 0.15) is 6.10 Å². The predicted molar refractivity (Wildman–Crippen MR) is 64.4 cm³/mol. The van der Waals surface area contributed by atoms with E-state index in [0.29, 0.717) is 17.7 Å². The number of rotatable bonds is 1. The summed E-state index contributed by atoms with van der Waals surface area (Å²) in [5.41, 5.74) is 2.17. The topological polar surface area (TPSA) is 58.7 Å². The van der Waals surface area contributed by atoms with Crippen molar-refractivity contribution >= 4 is 22.6 Å². The number of amides is 2. The molecule has 1 N–H and O–H groups in total. The molecule has 2 amide bonds. The molecule has 4 heteroatoms. The Morgan fingerprint density at radius 2 is 1.78 bits per heavy atom. The van der Waals surface area contributed by atoms with E-state index in [1.165, 1.54) is 0 Å². The molecule has 1 saturated heterocycles. The Labute approximate surface area is 103 Å². The zero-order valence-electron chi connectivity index (χ0n) is 9.40. The molecule has 1 fully saturated rings. The maximum Gasteiger partial charge on any atom is 0.258 e. The molecule has 1 unspecified atom stereocenters. The minimum atomic E-state index is -0.327. The molecule has 1 atom stereocenters. The molecular weight excluding hydrogens is 230 g/mol. The third-order valence-electron chi connectivity index (χ3n) is 3.47. The van der Waals surface area contributed by atoms with Crippen LogP contribution in [-0.2, 0) is 4.74 Å². The van der Waals surface area contributed by atoms with E-state index in [1.807, 2.05) is 18.2 Å². The molecule has 4 rings (SSSR count). The molecule has 2 aromatic rings. The van der Waals surface area contributed by atoms with Crippen molar-refractivity contribution < 1.29 is 14.3 Å². The number of hydrogen-bond acceptors (Lipinski definition) is 3. The summed E-state index contributed by atoms with van der Waals surface area (Å²) in [5.74, 6) is -0.654. The monoisotopic (exact) mass is 239 g/mol. The van der Waals surface area contributed by atoms with Crippen LogP contribution in [0.3, 0.4) is 0 Å². The van der Waals surface area contributed by atoms with Crippen molar-refractivity contribution in [2.24, 2.45) is 0 Å².